The van der Waals surface area contributed by atoms with E-state index in [-0.39, 0.29) is 18.2 Å². The summed E-state index contributed by atoms with van der Waals surface area (Å²) < 4.78 is 5.27. The highest BCUT2D eigenvalue weighted by Crippen LogP contribution is 2.18. The van der Waals surface area contributed by atoms with Gasteiger partial charge in [0.15, 0.2) is 5.76 Å². The van der Waals surface area contributed by atoms with Crippen LogP contribution < -0.4 is 11.1 Å². The molecule has 1 aromatic heterocycles. The SMILES string of the molecule is CSc1ccc(NC(=O)c2ccc(CN)o2)cc1. The Bertz CT molecular complexity index is 534. The molecular formula is C13H14N2O2S. The van der Waals surface area contributed by atoms with Crippen molar-refractivity contribution in [1.82, 2.24) is 0 Å². The summed E-state index contributed by atoms with van der Waals surface area (Å²) in [7, 11) is 0. The van der Waals surface area contributed by atoms with Crippen molar-refractivity contribution < 1.29 is 9.21 Å². The van der Waals surface area contributed by atoms with E-state index in [0.717, 1.165) is 10.6 Å². The number of amides is 1. The molecule has 0 saturated heterocycles. The Morgan fingerprint density at radius 3 is 2.56 bits per heavy atom. The molecule has 1 heterocycles. The lowest BCUT2D eigenvalue weighted by molar-refractivity contribution is 0.0995. The van der Waals surface area contributed by atoms with E-state index in [2.05, 4.69) is 5.32 Å². The van der Waals surface area contributed by atoms with Crippen LogP contribution in [-0.4, -0.2) is 12.2 Å². The summed E-state index contributed by atoms with van der Waals surface area (Å²) in [6.07, 6.45) is 2.00. The number of nitrogens with one attached hydrogen (secondary N) is 1. The van der Waals surface area contributed by atoms with E-state index in [0.29, 0.717) is 5.76 Å². The molecule has 0 aliphatic rings. The molecule has 0 fully saturated rings. The van der Waals surface area contributed by atoms with E-state index in [9.17, 15) is 4.79 Å². The number of hydrogen-bond acceptors (Lipinski definition) is 4. The molecule has 0 radical (unpaired) electrons. The number of benzene rings is 1. The molecule has 0 atom stereocenters. The van der Waals surface area contributed by atoms with Gasteiger partial charge in [-0.1, -0.05) is 0 Å². The number of nitrogens with two attached hydrogens (primary N) is 1. The summed E-state index contributed by atoms with van der Waals surface area (Å²) in [6.45, 7) is 0.287. The van der Waals surface area contributed by atoms with E-state index in [1.807, 2.05) is 30.5 Å². The van der Waals surface area contributed by atoms with Gasteiger partial charge in [-0.2, -0.15) is 0 Å². The molecule has 0 unspecified atom stereocenters. The molecule has 0 bridgehead atoms. The maximum absolute atomic E-state index is 11.8. The fourth-order valence-electron chi connectivity index (χ4n) is 1.48. The molecule has 1 amide bonds. The molecule has 2 aromatic rings. The third-order valence-electron chi connectivity index (χ3n) is 2.43. The zero-order valence-corrected chi connectivity index (χ0v) is 10.8. The molecule has 1 aromatic carbocycles. The zero-order chi connectivity index (χ0) is 13.0. The summed E-state index contributed by atoms with van der Waals surface area (Å²) in [5.74, 6) is 0.592. The number of rotatable bonds is 4. The second kappa shape index (κ2) is 5.75. The lowest BCUT2D eigenvalue weighted by Gasteiger charge is -2.03. The van der Waals surface area contributed by atoms with Crippen molar-refractivity contribution in [2.24, 2.45) is 5.73 Å². The van der Waals surface area contributed by atoms with Crippen LogP contribution in [0.25, 0.3) is 0 Å². The number of carbonyl (C=O) groups excluding carboxylic acids is 1. The van der Waals surface area contributed by atoms with Crippen molar-refractivity contribution in [2.75, 3.05) is 11.6 Å². The van der Waals surface area contributed by atoms with Crippen molar-refractivity contribution in [1.29, 1.82) is 0 Å². The fourth-order valence-corrected chi connectivity index (χ4v) is 1.88. The molecule has 0 saturated carbocycles. The van der Waals surface area contributed by atoms with Crippen molar-refractivity contribution in [3.63, 3.8) is 0 Å². The Balaban J connectivity index is 2.06. The van der Waals surface area contributed by atoms with Crippen LogP contribution in [0.3, 0.4) is 0 Å². The Morgan fingerprint density at radius 1 is 1.28 bits per heavy atom. The highest BCUT2D eigenvalue weighted by atomic mass is 32.2. The van der Waals surface area contributed by atoms with Gasteiger partial charge in [0.2, 0.25) is 0 Å². The summed E-state index contributed by atoms with van der Waals surface area (Å²) in [6, 6.07) is 10.9. The molecule has 2 rings (SSSR count). The molecule has 18 heavy (non-hydrogen) atoms. The van der Waals surface area contributed by atoms with Crippen LogP contribution in [0, 0.1) is 0 Å². The molecule has 0 aliphatic heterocycles. The van der Waals surface area contributed by atoms with Crippen molar-refractivity contribution in [3.8, 4) is 0 Å². The lowest BCUT2D eigenvalue weighted by atomic mass is 10.3. The summed E-state index contributed by atoms with van der Waals surface area (Å²) in [4.78, 5) is 13.0. The van der Waals surface area contributed by atoms with E-state index < -0.39 is 0 Å². The second-order valence-corrected chi connectivity index (χ2v) is 4.53. The van der Waals surface area contributed by atoms with Crippen molar-refractivity contribution in [2.45, 2.75) is 11.4 Å². The minimum Gasteiger partial charge on any atom is -0.455 e. The van der Waals surface area contributed by atoms with Crippen LogP contribution in [0.4, 0.5) is 5.69 Å². The van der Waals surface area contributed by atoms with Crippen LogP contribution in [0.1, 0.15) is 16.3 Å². The highest BCUT2D eigenvalue weighted by Gasteiger charge is 2.10. The van der Waals surface area contributed by atoms with Gasteiger partial charge in [-0.3, -0.25) is 4.79 Å². The molecule has 94 valence electrons. The molecule has 5 heteroatoms. The first-order chi connectivity index (χ1) is 8.72. The molecule has 3 N–H and O–H groups in total. The third-order valence-corrected chi connectivity index (χ3v) is 3.18. The number of hydrogen-bond donors (Lipinski definition) is 2. The van der Waals surface area contributed by atoms with Gasteiger partial charge in [0.05, 0.1) is 6.54 Å². The molecule has 0 spiro atoms. The van der Waals surface area contributed by atoms with E-state index >= 15 is 0 Å². The van der Waals surface area contributed by atoms with Gasteiger partial charge in [0, 0.05) is 10.6 Å². The first-order valence-electron chi connectivity index (χ1n) is 5.47. The summed E-state index contributed by atoms with van der Waals surface area (Å²) >= 11 is 1.65. The quantitative estimate of drug-likeness (QED) is 0.831. The zero-order valence-electron chi connectivity index (χ0n) is 9.97. The maximum Gasteiger partial charge on any atom is 0.291 e. The summed E-state index contributed by atoms with van der Waals surface area (Å²) in [5.41, 5.74) is 6.16. The predicted octanol–water partition coefficient (Wildman–Crippen LogP) is 2.71. The van der Waals surface area contributed by atoms with Gasteiger partial charge in [-0.25, -0.2) is 0 Å². The van der Waals surface area contributed by atoms with Gasteiger partial charge in [-0.15, -0.1) is 11.8 Å². The van der Waals surface area contributed by atoms with Gasteiger partial charge < -0.3 is 15.5 Å². The maximum atomic E-state index is 11.8. The minimum atomic E-state index is -0.272. The van der Waals surface area contributed by atoms with Crippen LogP contribution >= 0.6 is 11.8 Å². The average molecular weight is 262 g/mol. The third kappa shape index (κ3) is 2.94. The Hall–Kier alpha value is -1.72. The molecular weight excluding hydrogens is 248 g/mol. The highest BCUT2D eigenvalue weighted by molar-refractivity contribution is 7.98. The van der Waals surface area contributed by atoms with Crippen molar-refractivity contribution in [3.05, 3.63) is 47.9 Å². The van der Waals surface area contributed by atoms with Gasteiger partial charge >= 0.3 is 0 Å². The van der Waals surface area contributed by atoms with E-state index in [1.165, 1.54) is 0 Å². The molecule has 4 nitrogen and oxygen atoms in total. The van der Waals surface area contributed by atoms with Gasteiger partial charge in [0.25, 0.3) is 5.91 Å². The minimum absolute atomic E-state index is 0.268. The topological polar surface area (TPSA) is 68.3 Å². The smallest absolute Gasteiger partial charge is 0.291 e. The number of anilines is 1. The van der Waals surface area contributed by atoms with E-state index in [4.69, 9.17) is 10.2 Å². The van der Waals surface area contributed by atoms with Crippen molar-refractivity contribution >= 4 is 23.4 Å². The average Bonchev–Trinajstić information content (AvgIpc) is 2.88. The Labute approximate surface area is 110 Å². The van der Waals surface area contributed by atoms with Crippen LogP contribution in [-0.2, 0) is 6.54 Å². The first kappa shape index (κ1) is 12.7. The second-order valence-electron chi connectivity index (χ2n) is 3.65. The van der Waals surface area contributed by atoms with Gasteiger partial charge in [0.1, 0.15) is 5.76 Å². The fraction of sp³-hybridized carbons (Fsp3) is 0.154. The monoisotopic (exact) mass is 262 g/mol. The predicted molar refractivity (Wildman–Crippen MR) is 72.8 cm³/mol. The normalized spacial score (nSPS) is 10.3. The molecule has 0 aliphatic carbocycles. The lowest BCUT2D eigenvalue weighted by Crippen LogP contribution is -2.10. The summed E-state index contributed by atoms with van der Waals surface area (Å²) in [5, 5.41) is 2.76. The Kier molecular flexibility index (Phi) is 4.07. The van der Waals surface area contributed by atoms with Crippen LogP contribution in [0.5, 0.6) is 0 Å². The number of furan rings is 1. The largest absolute Gasteiger partial charge is 0.455 e. The number of thioether (sulfide) groups is 1. The van der Waals surface area contributed by atoms with Gasteiger partial charge in [-0.05, 0) is 42.7 Å². The van der Waals surface area contributed by atoms with Crippen LogP contribution in [0.2, 0.25) is 0 Å². The Morgan fingerprint density at radius 2 is 2.00 bits per heavy atom. The standard InChI is InChI=1S/C13H14N2O2S/c1-18-11-5-2-9(3-6-11)15-13(16)12-7-4-10(8-14)17-12/h2-7H,8,14H2,1H3,(H,15,16). The van der Waals surface area contributed by atoms with Crippen LogP contribution in [0.15, 0.2) is 45.7 Å². The number of carbonyl (C=O) groups is 1. The van der Waals surface area contributed by atoms with E-state index in [1.54, 1.807) is 23.9 Å². The first-order valence-corrected chi connectivity index (χ1v) is 6.69.